The van der Waals surface area contributed by atoms with Gasteiger partial charge in [-0.1, -0.05) is 290 Å². The van der Waals surface area contributed by atoms with Crippen molar-refractivity contribution in [2.45, 2.75) is 329 Å². The molecule has 0 saturated heterocycles. The molecule has 4 heteroatoms. The highest BCUT2D eigenvalue weighted by Crippen LogP contribution is 2.18. The van der Waals surface area contributed by atoms with E-state index in [1.807, 2.05) is 0 Å². The van der Waals surface area contributed by atoms with Crippen LogP contribution in [0.1, 0.15) is 329 Å². The van der Waals surface area contributed by atoms with Crippen molar-refractivity contribution in [1.29, 1.82) is 0 Å². The van der Waals surface area contributed by atoms with E-state index in [-0.39, 0.29) is 29.4 Å². The van der Waals surface area contributed by atoms with Crippen molar-refractivity contribution < 1.29 is 38.4 Å². The van der Waals surface area contributed by atoms with Gasteiger partial charge in [-0.25, -0.2) is 0 Å². The highest BCUT2D eigenvalue weighted by Gasteiger charge is 2.13. The van der Waals surface area contributed by atoms with Crippen LogP contribution in [0, 0.1) is 0 Å². The molecule has 0 fully saturated rings. The van der Waals surface area contributed by atoms with Gasteiger partial charge in [-0.2, -0.15) is 0 Å². The molecule has 2 nitrogen and oxygen atoms in total. The minimum atomic E-state index is 0. The predicted molar refractivity (Wildman–Crippen MR) is 283 cm³/mol. The highest BCUT2D eigenvalue weighted by atomic mass is 79.9. The summed E-state index contributed by atoms with van der Waals surface area (Å²) >= 11 is 0. The van der Waals surface area contributed by atoms with E-state index in [2.05, 4.69) is 56.0 Å². The first kappa shape index (κ1) is 70.3. The highest BCUT2D eigenvalue weighted by molar-refractivity contribution is 4.54. The average Bonchev–Trinajstić information content (AvgIpc) is 3.23. The molecule has 0 bridgehead atoms. The third-order valence-electron chi connectivity index (χ3n) is 13.9. The largest absolute Gasteiger partial charge is 1.00 e. The Kier molecular flexibility index (Phi) is 65.6. The van der Waals surface area contributed by atoms with E-state index in [0.29, 0.717) is 0 Å². The summed E-state index contributed by atoms with van der Waals surface area (Å²) in [6.45, 7) is 11.0. The lowest BCUT2D eigenvalue weighted by molar-refractivity contribution is -0.890. The summed E-state index contributed by atoms with van der Waals surface area (Å²) < 4.78 is 2.37. The lowest BCUT2D eigenvalue weighted by atomic mass is 10.0. The Balaban J connectivity index is -0.000000618. The second kappa shape index (κ2) is 58.8. The number of nitrogens with zero attached hydrogens (tertiary/aromatic N) is 2. The molecule has 0 spiro atoms. The van der Waals surface area contributed by atoms with E-state index in [0.717, 1.165) is 4.48 Å². The molecular formula is C59H126BrClN2. The molecule has 0 aromatic carbocycles. The molecule has 0 aromatic rings. The van der Waals surface area contributed by atoms with Gasteiger partial charge in [0.2, 0.25) is 0 Å². The van der Waals surface area contributed by atoms with Crippen LogP contribution in [0.3, 0.4) is 0 Å². The van der Waals surface area contributed by atoms with Crippen molar-refractivity contribution in [2.24, 2.45) is 0 Å². The summed E-state index contributed by atoms with van der Waals surface area (Å²) in [5, 5.41) is 0. The molecule has 63 heavy (non-hydrogen) atoms. The quantitative estimate of drug-likeness (QED) is 0.0421. The summed E-state index contributed by atoms with van der Waals surface area (Å²) in [4.78, 5) is 0. The molecule has 386 valence electrons. The Morgan fingerprint density at radius 3 is 0.460 bits per heavy atom. The van der Waals surface area contributed by atoms with Crippen LogP contribution < -0.4 is 29.4 Å². The molecule has 0 rings (SSSR count). The minimum absolute atomic E-state index is 0. The Bertz CT molecular complexity index is 729. The van der Waals surface area contributed by atoms with Crippen molar-refractivity contribution >= 4 is 0 Å². The van der Waals surface area contributed by atoms with Gasteiger partial charge in [0, 0.05) is 0 Å². The summed E-state index contributed by atoms with van der Waals surface area (Å²) in [5.74, 6) is 0. The molecule has 0 saturated carbocycles. The van der Waals surface area contributed by atoms with Gasteiger partial charge in [-0.3, -0.25) is 0 Å². The van der Waals surface area contributed by atoms with E-state index in [9.17, 15) is 0 Å². The van der Waals surface area contributed by atoms with Gasteiger partial charge in [-0.15, -0.1) is 0 Å². The maximum atomic E-state index is 2.47. The zero-order chi connectivity index (χ0) is 45.1. The number of hydrogen-bond acceptors (Lipinski definition) is 0. The summed E-state index contributed by atoms with van der Waals surface area (Å²) in [6.07, 6.45) is 70.3. The Morgan fingerprint density at radius 1 is 0.190 bits per heavy atom. The van der Waals surface area contributed by atoms with Crippen LogP contribution in [-0.2, 0) is 0 Å². The number of rotatable bonds is 51. The SMILES string of the molecule is CCCCCCCCCCCCCCCCCC[N+](C)(C)C.CCCCCCCCCCCCCCCCCC[N+](C)(C)CCCCCCCCCCCCCCCCCC.[Br-].[Cl-]. The molecular weight excluding hydrogens is 852 g/mol. The van der Waals surface area contributed by atoms with Crippen LogP contribution in [0.25, 0.3) is 0 Å². The normalized spacial score (nSPS) is 11.6. The second-order valence-corrected chi connectivity index (χ2v) is 22.3. The second-order valence-electron chi connectivity index (χ2n) is 22.3. The molecule has 0 amide bonds. The van der Waals surface area contributed by atoms with Crippen LogP contribution in [0.5, 0.6) is 0 Å². The number of quaternary nitrogens is 2. The van der Waals surface area contributed by atoms with Crippen LogP contribution in [0.15, 0.2) is 0 Å². The van der Waals surface area contributed by atoms with Crippen LogP contribution in [-0.4, -0.2) is 63.8 Å². The van der Waals surface area contributed by atoms with Crippen molar-refractivity contribution in [3.63, 3.8) is 0 Å². The topological polar surface area (TPSA) is 0 Å². The smallest absolute Gasteiger partial charge is 0.0782 e. The van der Waals surface area contributed by atoms with Crippen LogP contribution >= 0.6 is 0 Å². The maximum absolute atomic E-state index is 2.47. The van der Waals surface area contributed by atoms with Gasteiger partial charge in [0.25, 0.3) is 0 Å². The third kappa shape index (κ3) is 69.4. The molecule has 0 aliphatic rings. The standard InChI is InChI=1S/C38H80N.C21H46N.BrH.ClH/c1-5-7-9-11-13-15-17-19-21-23-25-27-29-31-33-35-37-39(3,4)38-36-34-32-30-28-26-24-22-20-18-16-14-12-10-8-6-2;1-5-6-7-8-9-10-11-12-13-14-15-16-17-18-19-20-21-22(2,3)4;;/h5-38H2,1-4H3;5-21H2,1-4H3;2*1H/q2*+1;;/p-2. The minimum Gasteiger partial charge on any atom is -1.00 e. The lowest BCUT2D eigenvalue weighted by Crippen LogP contribution is -3.00. The zero-order valence-electron chi connectivity index (χ0n) is 45.7. The Hall–Kier alpha value is 0.690. The van der Waals surface area contributed by atoms with Gasteiger partial charge in [0.1, 0.15) is 0 Å². The van der Waals surface area contributed by atoms with E-state index in [4.69, 9.17) is 0 Å². The fraction of sp³-hybridized carbons (Fsp3) is 1.00. The van der Waals surface area contributed by atoms with Crippen molar-refractivity contribution in [1.82, 2.24) is 0 Å². The number of halogens is 2. The number of hydrogen-bond donors (Lipinski definition) is 0. The average molecular weight is 979 g/mol. The van der Waals surface area contributed by atoms with Crippen molar-refractivity contribution in [3.8, 4) is 0 Å². The van der Waals surface area contributed by atoms with E-state index in [1.165, 1.54) is 332 Å². The van der Waals surface area contributed by atoms with Gasteiger partial charge in [0.05, 0.1) is 54.9 Å². The van der Waals surface area contributed by atoms with Gasteiger partial charge < -0.3 is 38.4 Å². The first-order chi connectivity index (χ1) is 29.7. The van der Waals surface area contributed by atoms with E-state index in [1.54, 1.807) is 0 Å². The summed E-state index contributed by atoms with van der Waals surface area (Å²) in [5.41, 5.74) is 0. The van der Waals surface area contributed by atoms with Crippen LogP contribution in [0.4, 0.5) is 0 Å². The number of unbranched alkanes of at least 4 members (excludes halogenated alkanes) is 45. The van der Waals surface area contributed by atoms with Gasteiger partial charge >= 0.3 is 0 Å². The summed E-state index contributed by atoms with van der Waals surface area (Å²) in [6, 6.07) is 0. The Labute approximate surface area is 420 Å². The van der Waals surface area contributed by atoms with E-state index < -0.39 is 0 Å². The molecule has 0 aromatic heterocycles. The van der Waals surface area contributed by atoms with Gasteiger partial charge in [0.15, 0.2) is 0 Å². The molecule has 0 aliphatic carbocycles. The molecule has 0 atom stereocenters. The first-order valence-electron chi connectivity index (χ1n) is 29.3. The monoisotopic (exact) mass is 977 g/mol. The third-order valence-corrected chi connectivity index (χ3v) is 13.9. The molecule has 0 aliphatic heterocycles. The van der Waals surface area contributed by atoms with Crippen molar-refractivity contribution in [3.05, 3.63) is 0 Å². The molecule has 0 unspecified atom stereocenters. The fourth-order valence-corrected chi connectivity index (χ4v) is 9.42. The maximum Gasteiger partial charge on any atom is 0.0782 e. The molecule has 0 heterocycles. The lowest BCUT2D eigenvalue weighted by Gasteiger charge is -2.30. The fourth-order valence-electron chi connectivity index (χ4n) is 9.42. The predicted octanol–water partition coefficient (Wildman–Crippen LogP) is 14.5. The summed E-state index contributed by atoms with van der Waals surface area (Å²) in [7, 11) is 11.8. The zero-order valence-corrected chi connectivity index (χ0v) is 48.1. The van der Waals surface area contributed by atoms with Gasteiger partial charge in [-0.05, 0) is 38.5 Å². The first-order valence-corrected chi connectivity index (χ1v) is 29.3. The van der Waals surface area contributed by atoms with Crippen molar-refractivity contribution in [2.75, 3.05) is 54.9 Å². The molecule has 0 radical (unpaired) electrons. The van der Waals surface area contributed by atoms with Crippen LogP contribution in [0.2, 0.25) is 0 Å². The molecule has 0 N–H and O–H groups in total. The van der Waals surface area contributed by atoms with E-state index >= 15 is 0 Å². The Morgan fingerprint density at radius 2 is 0.317 bits per heavy atom.